The van der Waals surface area contributed by atoms with E-state index in [1.807, 2.05) is 36.4 Å². The normalized spacial score (nSPS) is 18.2. The van der Waals surface area contributed by atoms with E-state index in [1.165, 1.54) is 51.9 Å². The van der Waals surface area contributed by atoms with Crippen LogP contribution in [0.5, 0.6) is 11.5 Å². The number of ether oxygens (including phenoxy) is 2. The average Bonchev–Trinajstić information content (AvgIpc) is 3.57. The fourth-order valence-electron chi connectivity index (χ4n) is 5.18. The molecule has 5 rings (SSSR count). The molecule has 0 bridgehead atoms. The van der Waals surface area contributed by atoms with Gasteiger partial charge in [0.05, 0.1) is 13.2 Å². The van der Waals surface area contributed by atoms with Crippen molar-refractivity contribution in [3.05, 3.63) is 47.5 Å². The molecule has 2 saturated heterocycles. The van der Waals surface area contributed by atoms with E-state index in [0.717, 1.165) is 59.7 Å². The quantitative estimate of drug-likeness (QED) is 0.435. The fourth-order valence-corrected chi connectivity index (χ4v) is 5.18. The van der Waals surface area contributed by atoms with Crippen molar-refractivity contribution in [2.24, 2.45) is 0 Å². The molecule has 3 aliphatic rings. The number of hydrogen-bond donors (Lipinski definition) is 0. The molecule has 2 aliphatic heterocycles. The van der Waals surface area contributed by atoms with Crippen LogP contribution in [0.15, 0.2) is 36.4 Å². The molecule has 0 saturated carbocycles. The molecular formula is C27H34N2O3. The summed E-state index contributed by atoms with van der Waals surface area (Å²) in [5.41, 5.74) is 3.46. The Kier molecular flexibility index (Phi) is 6.75. The van der Waals surface area contributed by atoms with Crippen LogP contribution in [0, 0.1) is 0 Å². The molecule has 1 aliphatic carbocycles. The molecule has 2 heterocycles. The van der Waals surface area contributed by atoms with Crippen LogP contribution in [0.3, 0.4) is 0 Å². The lowest BCUT2D eigenvalue weighted by molar-refractivity contribution is 0.104. The highest BCUT2D eigenvalue weighted by atomic mass is 16.5. The van der Waals surface area contributed by atoms with Crippen molar-refractivity contribution in [2.45, 2.75) is 38.5 Å². The number of rotatable bonds is 10. The molecule has 0 radical (unpaired) electrons. The van der Waals surface area contributed by atoms with Gasteiger partial charge in [0.1, 0.15) is 11.5 Å². The first-order valence-corrected chi connectivity index (χ1v) is 12.3. The van der Waals surface area contributed by atoms with Crippen LogP contribution >= 0.6 is 0 Å². The summed E-state index contributed by atoms with van der Waals surface area (Å²) in [7, 11) is 0. The second kappa shape index (κ2) is 10.1. The predicted octanol–water partition coefficient (Wildman–Crippen LogP) is 4.63. The van der Waals surface area contributed by atoms with Gasteiger partial charge in [0.15, 0.2) is 5.78 Å². The van der Waals surface area contributed by atoms with E-state index in [1.54, 1.807) is 0 Å². The van der Waals surface area contributed by atoms with Gasteiger partial charge in [-0.1, -0.05) is 0 Å². The van der Waals surface area contributed by atoms with Crippen LogP contribution in [0.4, 0.5) is 0 Å². The van der Waals surface area contributed by atoms with E-state index < -0.39 is 0 Å². The molecule has 2 fully saturated rings. The first kappa shape index (κ1) is 21.5. The summed E-state index contributed by atoms with van der Waals surface area (Å²) in [4.78, 5) is 18.0. The van der Waals surface area contributed by atoms with Gasteiger partial charge in [-0.2, -0.15) is 0 Å². The minimum Gasteiger partial charge on any atom is -0.494 e. The Balaban J connectivity index is 1.17. The maximum absolute atomic E-state index is 13.0. The van der Waals surface area contributed by atoms with E-state index in [4.69, 9.17) is 9.47 Å². The summed E-state index contributed by atoms with van der Waals surface area (Å²) in [5.74, 6) is 1.70. The Labute approximate surface area is 191 Å². The number of nitrogens with zero attached hydrogens (tertiary/aromatic N) is 2. The van der Waals surface area contributed by atoms with Crippen LogP contribution in [-0.4, -0.2) is 68.1 Å². The Morgan fingerprint density at radius 1 is 0.625 bits per heavy atom. The van der Waals surface area contributed by atoms with Crippen LogP contribution < -0.4 is 9.47 Å². The Morgan fingerprint density at radius 3 is 1.69 bits per heavy atom. The van der Waals surface area contributed by atoms with Crippen molar-refractivity contribution < 1.29 is 14.3 Å². The van der Waals surface area contributed by atoms with Crippen LogP contribution in [0.1, 0.15) is 54.4 Å². The molecule has 0 unspecified atom stereocenters. The molecule has 0 N–H and O–H groups in total. The van der Waals surface area contributed by atoms with Crippen molar-refractivity contribution in [1.82, 2.24) is 9.80 Å². The third-order valence-corrected chi connectivity index (χ3v) is 6.93. The van der Waals surface area contributed by atoms with Crippen molar-refractivity contribution in [3.8, 4) is 22.6 Å². The van der Waals surface area contributed by atoms with Crippen LogP contribution in [0.25, 0.3) is 11.1 Å². The van der Waals surface area contributed by atoms with Gasteiger partial charge in [-0.05, 0) is 112 Å². The van der Waals surface area contributed by atoms with Crippen molar-refractivity contribution in [1.29, 1.82) is 0 Å². The van der Waals surface area contributed by atoms with Crippen LogP contribution in [0.2, 0.25) is 0 Å². The second-order valence-electron chi connectivity index (χ2n) is 9.25. The second-order valence-corrected chi connectivity index (χ2v) is 9.25. The van der Waals surface area contributed by atoms with Gasteiger partial charge in [-0.25, -0.2) is 0 Å². The van der Waals surface area contributed by atoms with Gasteiger partial charge < -0.3 is 19.3 Å². The number of carbonyl (C=O) groups excluding carboxylic acids is 1. The zero-order valence-corrected chi connectivity index (χ0v) is 19.0. The van der Waals surface area contributed by atoms with E-state index in [0.29, 0.717) is 13.2 Å². The zero-order chi connectivity index (χ0) is 21.8. The third kappa shape index (κ3) is 4.84. The highest BCUT2D eigenvalue weighted by Gasteiger charge is 2.27. The lowest BCUT2D eigenvalue weighted by Crippen LogP contribution is -2.21. The average molecular weight is 435 g/mol. The molecule has 5 heteroatoms. The van der Waals surface area contributed by atoms with E-state index in [-0.39, 0.29) is 5.78 Å². The van der Waals surface area contributed by atoms with Crippen molar-refractivity contribution in [2.75, 3.05) is 52.5 Å². The number of carbonyl (C=O) groups is 1. The Morgan fingerprint density at radius 2 is 1.12 bits per heavy atom. The summed E-state index contributed by atoms with van der Waals surface area (Å²) in [6.45, 7) is 8.48. The molecule has 2 aromatic carbocycles. The smallest absolute Gasteiger partial charge is 0.194 e. The van der Waals surface area contributed by atoms with Crippen LogP contribution in [-0.2, 0) is 0 Å². The predicted molar refractivity (Wildman–Crippen MR) is 127 cm³/mol. The molecule has 32 heavy (non-hydrogen) atoms. The minimum absolute atomic E-state index is 0.0816. The summed E-state index contributed by atoms with van der Waals surface area (Å²) in [6, 6.07) is 11.8. The molecular weight excluding hydrogens is 400 g/mol. The topological polar surface area (TPSA) is 42.0 Å². The van der Waals surface area contributed by atoms with E-state index in [9.17, 15) is 4.79 Å². The molecule has 0 atom stereocenters. The van der Waals surface area contributed by atoms with Crippen molar-refractivity contribution in [3.63, 3.8) is 0 Å². The Bertz CT molecular complexity index is 946. The number of hydrogen-bond acceptors (Lipinski definition) is 5. The van der Waals surface area contributed by atoms with E-state index >= 15 is 0 Å². The summed E-state index contributed by atoms with van der Waals surface area (Å²) < 4.78 is 12.0. The minimum atomic E-state index is 0.0816. The summed E-state index contributed by atoms with van der Waals surface area (Å²) in [5, 5.41) is 0. The zero-order valence-electron chi connectivity index (χ0n) is 19.0. The maximum atomic E-state index is 13.0. The number of ketones is 1. The highest BCUT2D eigenvalue weighted by molar-refractivity contribution is 6.22. The van der Waals surface area contributed by atoms with Gasteiger partial charge in [-0.3, -0.25) is 4.79 Å². The standard InChI is InChI=1S/C27H34N2O3/c30-27-24-10-8-21(31-17-5-15-28-11-1-2-12-28)19-25(24)23-9-7-22(20-26(23)27)32-18-6-16-29-13-3-4-14-29/h7-10,19-20H,1-6,11-18H2. The van der Waals surface area contributed by atoms with Gasteiger partial charge in [-0.15, -0.1) is 0 Å². The highest BCUT2D eigenvalue weighted by Crippen LogP contribution is 2.40. The van der Waals surface area contributed by atoms with Crippen molar-refractivity contribution >= 4 is 5.78 Å². The SMILES string of the molecule is O=C1c2cc(OCCCN3CCCC3)ccc2-c2cc(OCCCN3CCCC3)ccc21. The first-order valence-electron chi connectivity index (χ1n) is 12.3. The van der Waals surface area contributed by atoms with E-state index in [2.05, 4.69) is 9.80 Å². The Hall–Kier alpha value is -2.37. The van der Waals surface area contributed by atoms with Gasteiger partial charge >= 0.3 is 0 Å². The molecule has 2 aromatic rings. The number of likely N-dealkylation sites (tertiary alicyclic amines) is 2. The van der Waals surface area contributed by atoms with Gasteiger partial charge in [0, 0.05) is 24.2 Å². The number of benzene rings is 2. The molecule has 0 aromatic heterocycles. The third-order valence-electron chi connectivity index (χ3n) is 6.93. The number of fused-ring (bicyclic) bond motifs is 3. The largest absolute Gasteiger partial charge is 0.494 e. The molecule has 0 spiro atoms. The molecule has 0 amide bonds. The van der Waals surface area contributed by atoms with Gasteiger partial charge in [0.2, 0.25) is 0 Å². The van der Waals surface area contributed by atoms with Gasteiger partial charge in [0.25, 0.3) is 0 Å². The molecule has 5 nitrogen and oxygen atoms in total. The maximum Gasteiger partial charge on any atom is 0.194 e. The monoisotopic (exact) mass is 434 g/mol. The first-order chi connectivity index (χ1) is 15.8. The molecule has 170 valence electrons. The lowest BCUT2D eigenvalue weighted by atomic mass is 10.1. The fraction of sp³-hybridized carbons (Fsp3) is 0.519. The summed E-state index contributed by atoms with van der Waals surface area (Å²) >= 11 is 0. The summed E-state index contributed by atoms with van der Waals surface area (Å²) in [6.07, 6.45) is 7.34. The lowest BCUT2D eigenvalue weighted by Gasteiger charge is -2.15.